The molecule has 0 fully saturated rings. The fourth-order valence-electron chi connectivity index (χ4n) is 0.366. The summed E-state index contributed by atoms with van der Waals surface area (Å²) >= 11 is 0. The van der Waals surface area contributed by atoms with Gasteiger partial charge in [-0.05, 0) is 0 Å². The minimum Gasteiger partial charge on any atom is -0.262 e. The molecule has 2 amide bonds. The van der Waals surface area contributed by atoms with Crippen LogP contribution in [0.15, 0.2) is 21.9 Å². The maximum Gasteiger partial charge on any atom is 0.327 e. The Morgan fingerprint density at radius 3 is 1.50 bits per heavy atom. The minimum atomic E-state index is -1.78. The van der Waals surface area contributed by atoms with Crippen LogP contribution in [0.5, 0.6) is 0 Å². The zero-order valence-corrected chi connectivity index (χ0v) is 4.47. The number of nitrogens with zero attached hydrogens (tertiary/aromatic N) is 2. The van der Waals surface area contributed by atoms with Crippen molar-refractivity contribution in [3.8, 4) is 0 Å². The van der Waals surface area contributed by atoms with Crippen molar-refractivity contribution >= 4 is 11.8 Å². The topological polar surface area (TPSA) is 58.9 Å². The van der Waals surface area contributed by atoms with E-state index in [0.717, 1.165) is 0 Å². The normalized spacial score (nSPS) is 18.6. The van der Waals surface area contributed by atoms with Gasteiger partial charge in [0.1, 0.15) is 0 Å². The second-order valence-corrected chi connectivity index (χ2v) is 1.44. The van der Waals surface area contributed by atoms with Crippen LogP contribution in [0, 0.1) is 0 Å². The molecule has 1 aliphatic rings. The Kier molecular flexibility index (Phi) is 1.37. The number of hydrogen-bond donors (Lipinski definition) is 0. The van der Waals surface area contributed by atoms with Gasteiger partial charge in [-0.1, -0.05) is 0 Å². The molecule has 0 saturated heterocycles. The Bertz CT molecular complexity index is 242. The van der Waals surface area contributed by atoms with Crippen LogP contribution in [-0.2, 0) is 9.59 Å². The molecule has 1 aliphatic heterocycles. The van der Waals surface area contributed by atoms with E-state index in [1.807, 2.05) is 0 Å². The molecule has 0 aromatic rings. The van der Waals surface area contributed by atoms with Crippen molar-refractivity contribution in [3.05, 3.63) is 11.7 Å². The molecule has 6 heteroatoms. The predicted octanol–water partition coefficient (Wildman–Crippen LogP) is 0.656. The van der Waals surface area contributed by atoms with Crippen molar-refractivity contribution in [2.45, 2.75) is 0 Å². The maximum atomic E-state index is 12.0. The highest BCUT2D eigenvalue weighted by atomic mass is 19.2. The molecule has 4 nitrogen and oxygen atoms in total. The summed E-state index contributed by atoms with van der Waals surface area (Å²) in [6.07, 6.45) is 0. The molecule has 0 aromatic carbocycles. The number of amides is 2. The number of carbonyl (C=O) groups excluding carboxylic acids is 2. The third-order valence-electron chi connectivity index (χ3n) is 0.800. The molecule has 0 unspecified atom stereocenters. The van der Waals surface area contributed by atoms with E-state index < -0.39 is 23.5 Å². The van der Waals surface area contributed by atoms with Gasteiger partial charge in [-0.2, -0.15) is 8.78 Å². The van der Waals surface area contributed by atoms with Gasteiger partial charge in [0, 0.05) is 0 Å². The van der Waals surface area contributed by atoms with E-state index in [0.29, 0.717) is 0 Å². The van der Waals surface area contributed by atoms with Gasteiger partial charge in [-0.25, -0.2) is 0 Å². The Balaban J connectivity index is 3.12. The first-order valence-electron chi connectivity index (χ1n) is 2.18. The van der Waals surface area contributed by atoms with Crippen LogP contribution in [0.4, 0.5) is 8.78 Å². The van der Waals surface area contributed by atoms with Crippen LogP contribution in [0.25, 0.3) is 0 Å². The summed E-state index contributed by atoms with van der Waals surface area (Å²) in [4.78, 5) is 20.1. The van der Waals surface area contributed by atoms with E-state index in [1.165, 1.54) is 0 Å². The second-order valence-electron chi connectivity index (χ2n) is 1.44. The average molecular weight is 146 g/mol. The predicted molar refractivity (Wildman–Crippen MR) is 24.1 cm³/mol. The van der Waals surface area contributed by atoms with Crippen molar-refractivity contribution in [3.63, 3.8) is 0 Å². The van der Waals surface area contributed by atoms with E-state index in [1.54, 1.807) is 0 Å². The molecular weight excluding hydrogens is 146 g/mol. The van der Waals surface area contributed by atoms with Crippen LogP contribution >= 0.6 is 0 Å². The summed E-state index contributed by atoms with van der Waals surface area (Å²) in [7, 11) is 0. The number of halogens is 2. The first-order chi connectivity index (χ1) is 4.63. The summed E-state index contributed by atoms with van der Waals surface area (Å²) < 4.78 is 24.0. The summed E-state index contributed by atoms with van der Waals surface area (Å²) in [6, 6.07) is 0. The number of carbonyl (C=O) groups is 2. The van der Waals surface area contributed by atoms with Crippen LogP contribution in [0.2, 0.25) is 0 Å². The van der Waals surface area contributed by atoms with E-state index in [4.69, 9.17) is 0 Å². The molecular formula is C4F2N2O2. The smallest absolute Gasteiger partial charge is 0.262 e. The van der Waals surface area contributed by atoms with Gasteiger partial charge in [0.2, 0.25) is 11.7 Å². The molecule has 0 aromatic heterocycles. The molecule has 1 heterocycles. The number of azo groups is 1. The van der Waals surface area contributed by atoms with E-state index in [9.17, 15) is 18.4 Å². The van der Waals surface area contributed by atoms with Crippen molar-refractivity contribution in [1.82, 2.24) is 0 Å². The average Bonchev–Trinajstić information content (AvgIpc) is 1.93. The van der Waals surface area contributed by atoms with E-state index in [-0.39, 0.29) is 0 Å². The molecule has 0 N–H and O–H groups in total. The van der Waals surface area contributed by atoms with Crippen molar-refractivity contribution in [1.29, 1.82) is 0 Å². The van der Waals surface area contributed by atoms with Crippen LogP contribution in [-0.4, -0.2) is 11.8 Å². The molecule has 0 spiro atoms. The Morgan fingerprint density at radius 2 is 1.20 bits per heavy atom. The van der Waals surface area contributed by atoms with Gasteiger partial charge in [0.25, 0.3) is 0 Å². The molecule has 52 valence electrons. The minimum absolute atomic E-state index is 1.46. The largest absolute Gasteiger partial charge is 0.327 e. The van der Waals surface area contributed by atoms with Gasteiger partial charge >= 0.3 is 11.8 Å². The highest BCUT2D eigenvalue weighted by molar-refractivity contribution is 6.05. The van der Waals surface area contributed by atoms with Crippen LogP contribution in [0.3, 0.4) is 0 Å². The van der Waals surface area contributed by atoms with Crippen molar-refractivity contribution in [2.24, 2.45) is 10.2 Å². The zero-order valence-electron chi connectivity index (χ0n) is 4.47. The molecule has 0 atom stereocenters. The van der Waals surface area contributed by atoms with Crippen molar-refractivity contribution in [2.75, 3.05) is 0 Å². The Morgan fingerprint density at radius 1 is 0.900 bits per heavy atom. The monoisotopic (exact) mass is 146 g/mol. The molecule has 0 aliphatic carbocycles. The lowest BCUT2D eigenvalue weighted by molar-refractivity contribution is -0.122. The van der Waals surface area contributed by atoms with E-state index >= 15 is 0 Å². The first kappa shape index (κ1) is 6.66. The lowest BCUT2D eigenvalue weighted by Crippen LogP contribution is -2.07. The summed E-state index contributed by atoms with van der Waals surface area (Å²) in [5.74, 6) is -6.48. The summed E-state index contributed by atoms with van der Waals surface area (Å²) in [5.41, 5.74) is 0. The van der Waals surface area contributed by atoms with Gasteiger partial charge in [0.05, 0.1) is 0 Å². The quantitative estimate of drug-likeness (QED) is 0.503. The SMILES string of the molecule is O=C1N=NC(=O)C(F)=C1F. The maximum absolute atomic E-state index is 12.0. The highest BCUT2D eigenvalue weighted by Crippen LogP contribution is 2.15. The van der Waals surface area contributed by atoms with Gasteiger partial charge < -0.3 is 0 Å². The fraction of sp³-hybridized carbons (Fsp3) is 0. The van der Waals surface area contributed by atoms with Gasteiger partial charge in [0.15, 0.2) is 0 Å². The zero-order chi connectivity index (χ0) is 7.72. The third kappa shape index (κ3) is 0.831. The van der Waals surface area contributed by atoms with Crippen molar-refractivity contribution < 1.29 is 18.4 Å². The second kappa shape index (κ2) is 2.05. The van der Waals surface area contributed by atoms with Crippen LogP contribution in [0.1, 0.15) is 0 Å². The third-order valence-corrected chi connectivity index (χ3v) is 0.800. The standard InChI is InChI=1S/C4F2N2O2/c5-1-2(6)4(10)8-7-3(1)9. The van der Waals surface area contributed by atoms with Gasteiger partial charge in [-0.15, -0.1) is 10.2 Å². The molecule has 0 saturated carbocycles. The lowest BCUT2D eigenvalue weighted by Gasteiger charge is -1.95. The number of rotatable bonds is 0. The molecule has 0 radical (unpaired) electrons. The van der Waals surface area contributed by atoms with E-state index in [2.05, 4.69) is 10.2 Å². The Hall–Kier alpha value is -1.46. The van der Waals surface area contributed by atoms with Gasteiger partial charge in [-0.3, -0.25) is 9.59 Å². The number of hydrogen-bond acceptors (Lipinski definition) is 2. The first-order valence-corrected chi connectivity index (χ1v) is 2.18. The lowest BCUT2D eigenvalue weighted by atomic mass is 10.4. The summed E-state index contributed by atoms with van der Waals surface area (Å²) in [6.45, 7) is 0. The molecule has 10 heavy (non-hydrogen) atoms. The summed E-state index contributed by atoms with van der Waals surface area (Å²) in [5, 5.41) is 5.01. The fourth-order valence-corrected chi connectivity index (χ4v) is 0.366. The molecule has 1 rings (SSSR count). The molecule has 0 bridgehead atoms. The highest BCUT2D eigenvalue weighted by Gasteiger charge is 2.25. The Labute approximate surface area is 53.2 Å². The van der Waals surface area contributed by atoms with Crippen LogP contribution < -0.4 is 0 Å².